The summed E-state index contributed by atoms with van der Waals surface area (Å²) in [6.45, 7) is 3.58. The molecule has 0 amide bonds. The van der Waals surface area contributed by atoms with Crippen LogP contribution in [0.3, 0.4) is 0 Å². The lowest BCUT2D eigenvalue weighted by atomic mass is 10.1. The van der Waals surface area contributed by atoms with Crippen molar-refractivity contribution in [3.63, 3.8) is 0 Å². The second kappa shape index (κ2) is 5.31. The molecule has 0 aliphatic rings. The summed E-state index contributed by atoms with van der Waals surface area (Å²) in [6, 6.07) is 7.13. The third-order valence-corrected chi connectivity index (χ3v) is 3.00. The van der Waals surface area contributed by atoms with Gasteiger partial charge in [0.1, 0.15) is 5.78 Å². The van der Waals surface area contributed by atoms with Crippen LogP contribution in [0.15, 0.2) is 28.8 Å². The first-order valence-electron chi connectivity index (χ1n) is 5.74. The summed E-state index contributed by atoms with van der Waals surface area (Å²) in [5.74, 6) is 0.550. The van der Waals surface area contributed by atoms with E-state index in [2.05, 4.69) is 10.1 Å². The van der Waals surface area contributed by atoms with E-state index in [1.807, 2.05) is 19.1 Å². The molecular formula is C13H13ClN2O2. The molecular weight excluding hydrogens is 252 g/mol. The van der Waals surface area contributed by atoms with E-state index in [1.54, 1.807) is 19.1 Å². The van der Waals surface area contributed by atoms with Gasteiger partial charge in [0.05, 0.1) is 5.92 Å². The first kappa shape index (κ1) is 12.8. The predicted octanol–water partition coefficient (Wildman–Crippen LogP) is 3.47. The molecule has 0 saturated heterocycles. The minimum absolute atomic E-state index is 0.0845. The highest BCUT2D eigenvalue weighted by molar-refractivity contribution is 6.30. The fourth-order valence-corrected chi connectivity index (χ4v) is 1.70. The Morgan fingerprint density at radius 2 is 2.06 bits per heavy atom. The largest absolute Gasteiger partial charge is 0.338 e. The number of Topliss-reactive ketones (excluding diaryl/α,β-unsaturated/α-hetero) is 1. The van der Waals surface area contributed by atoms with E-state index in [0.29, 0.717) is 23.2 Å². The third kappa shape index (κ3) is 2.59. The van der Waals surface area contributed by atoms with E-state index >= 15 is 0 Å². The number of carbonyl (C=O) groups excluding carboxylic acids is 1. The molecule has 1 unspecified atom stereocenters. The first-order valence-corrected chi connectivity index (χ1v) is 6.12. The fourth-order valence-electron chi connectivity index (χ4n) is 1.57. The lowest BCUT2D eigenvalue weighted by Gasteiger charge is -2.01. The van der Waals surface area contributed by atoms with E-state index in [-0.39, 0.29) is 11.7 Å². The number of aromatic nitrogens is 2. The van der Waals surface area contributed by atoms with E-state index in [1.165, 1.54) is 0 Å². The van der Waals surface area contributed by atoms with Gasteiger partial charge in [-0.1, -0.05) is 23.7 Å². The van der Waals surface area contributed by atoms with Gasteiger partial charge in [0.2, 0.25) is 11.7 Å². The van der Waals surface area contributed by atoms with Gasteiger partial charge < -0.3 is 4.52 Å². The van der Waals surface area contributed by atoms with Crippen LogP contribution >= 0.6 is 11.6 Å². The quantitative estimate of drug-likeness (QED) is 0.848. The summed E-state index contributed by atoms with van der Waals surface area (Å²) < 4.78 is 5.12. The fraction of sp³-hybridized carbons (Fsp3) is 0.308. The zero-order valence-corrected chi connectivity index (χ0v) is 10.9. The van der Waals surface area contributed by atoms with Gasteiger partial charge in [-0.3, -0.25) is 4.79 Å². The molecule has 0 saturated carbocycles. The van der Waals surface area contributed by atoms with E-state index in [4.69, 9.17) is 16.1 Å². The van der Waals surface area contributed by atoms with Crippen LogP contribution in [0, 0.1) is 0 Å². The summed E-state index contributed by atoms with van der Waals surface area (Å²) in [7, 11) is 0. The Morgan fingerprint density at radius 1 is 1.39 bits per heavy atom. The van der Waals surface area contributed by atoms with Crippen LogP contribution in [0.5, 0.6) is 0 Å². The summed E-state index contributed by atoms with van der Waals surface area (Å²) in [5.41, 5.74) is 0.811. The van der Waals surface area contributed by atoms with Crippen molar-refractivity contribution in [3.05, 3.63) is 35.2 Å². The van der Waals surface area contributed by atoms with Crippen molar-refractivity contribution in [2.24, 2.45) is 0 Å². The Kier molecular flexibility index (Phi) is 3.77. The Hall–Kier alpha value is -1.68. The Bertz CT molecular complexity index is 548. The summed E-state index contributed by atoms with van der Waals surface area (Å²) in [4.78, 5) is 15.8. The summed E-state index contributed by atoms with van der Waals surface area (Å²) in [5, 5.41) is 4.52. The molecule has 0 aliphatic heterocycles. The first-order chi connectivity index (χ1) is 8.61. The molecule has 0 spiro atoms. The number of hydrogen-bond donors (Lipinski definition) is 0. The second-order valence-corrected chi connectivity index (χ2v) is 4.44. The van der Waals surface area contributed by atoms with Crippen molar-refractivity contribution in [2.75, 3.05) is 0 Å². The second-order valence-electron chi connectivity index (χ2n) is 4.00. The van der Waals surface area contributed by atoms with Crippen LogP contribution in [0.2, 0.25) is 5.02 Å². The maximum Gasteiger partial charge on any atom is 0.237 e. The summed E-state index contributed by atoms with van der Waals surface area (Å²) in [6.07, 6.45) is 0.458. The van der Waals surface area contributed by atoms with Gasteiger partial charge in [-0.25, -0.2) is 0 Å². The lowest BCUT2D eigenvalue weighted by Crippen LogP contribution is -2.07. The van der Waals surface area contributed by atoms with Crippen LogP contribution in [0.25, 0.3) is 11.4 Å². The molecule has 0 radical (unpaired) electrons. The Morgan fingerprint density at radius 3 is 2.67 bits per heavy atom. The lowest BCUT2D eigenvalue weighted by molar-refractivity contribution is -0.120. The molecule has 0 bridgehead atoms. The van der Waals surface area contributed by atoms with Crippen molar-refractivity contribution < 1.29 is 9.32 Å². The van der Waals surface area contributed by atoms with Gasteiger partial charge in [-0.2, -0.15) is 4.98 Å². The molecule has 0 aliphatic carbocycles. The van der Waals surface area contributed by atoms with Gasteiger partial charge in [0.15, 0.2) is 0 Å². The zero-order valence-electron chi connectivity index (χ0n) is 10.2. The Balaban J connectivity index is 2.25. The van der Waals surface area contributed by atoms with Gasteiger partial charge >= 0.3 is 0 Å². The topological polar surface area (TPSA) is 56.0 Å². The van der Waals surface area contributed by atoms with Crippen molar-refractivity contribution >= 4 is 17.4 Å². The molecule has 0 fully saturated rings. The van der Waals surface area contributed by atoms with Gasteiger partial charge in [-0.15, -0.1) is 0 Å². The number of carbonyl (C=O) groups is 1. The average Bonchev–Trinajstić information content (AvgIpc) is 2.87. The normalized spacial score (nSPS) is 12.4. The number of benzene rings is 1. The van der Waals surface area contributed by atoms with Gasteiger partial charge in [-0.05, 0) is 31.2 Å². The van der Waals surface area contributed by atoms with Gasteiger partial charge in [0, 0.05) is 17.0 Å². The van der Waals surface area contributed by atoms with Crippen LogP contribution in [0.4, 0.5) is 0 Å². The summed E-state index contributed by atoms with van der Waals surface area (Å²) >= 11 is 5.81. The van der Waals surface area contributed by atoms with E-state index in [9.17, 15) is 4.79 Å². The molecule has 18 heavy (non-hydrogen) atoms. The van der Waals surface area contributed by atoms with Crippen LogP contribution < -0.4 is 0 Å². The number of hydrogen-bond acceptors (Lipinski definition) is 4. The SMILES string of the molecule is CCC(=O)C(C)c1nc(-c2ccc(Cl)cc2)no1. The monoisotopic (exact) mass is 264 g/mol. The molecule has 94 valence electrons. The minimum atomic E-state index is -0.358. The minimum Gasteiger partial charge on any atom is -0.338 e. The van der Waals surface area contributed by atoms with E-state index in [0.717, 1.165) is 5.56 Å². The highest BCUT2D eigenvalue weighted by atomic mass is 35.5. The highest BCUT2D eigenvalue weighted by Gasteiger charge is 2.20. The smallest absolute Gasteiger partial charge is 0.237 e. The van der Waals surface area contributed by atoms with Crippen LogP contribution in [-0.4, -0.2) is 15.9 Å². The average molecular weight is 265 g/mol. The standard InChI is InChI=1S/C13H13ClN2O2/c1-3-11(17)8(2)13-15-12(16-18-13)9-4-6-10(14)7-5-9/h4-8H,3H2,1-2H3. The molecule has 2 aromatic rings. The molecule has 0 N–H and O–H groups in total. The maximum absolute atomic E-state index is 11.6. The van der Waals surface area contributed by atoms with Crippen molar-refractivity contribution in [1.82, 2.24) is 10.1 Å². The third-order valence-electron chi connectivity index (χ3n) is 2.75. The number of rotatable bonds is 4. The van der Waals surface area contributed by atoms with E-state index < -0.39 is 0 Å². The van der Waals surface area contributed by atoms with Crippen LogP contribution in [-0.2, 0) is 4.79 Å². The number of ketones is 1. The number of halogens is 1. The van der Waals surface area contributed by atoms with Crippen molar-refractivity contribution in [1.29, 1.82) is 0 Å². The number of nitrogens with zero attached hydrogens (tertiary/aromatic N) is 2. The van der Waals surface area contributed by atoms with Crippen LogP contribution in [0.1, 0.15) is 32.1 Å². The molecule has 2 rings (SSSR count). The maximum atomic E-state index is 11.6. The molecule has 1 aromatic heterocycles. The molecule has 1 atom stereocenters. The molecule has 4 nitrogen and oxygen atoms in total. The molecule has 5 heteroatoms. The molecule has 1 aromatic carbocycles. The molecule has 1 heterocycles. The van der Waals surface area contributed by atoms with Crippen molar-refractivity contribution in [2.45, 2.75) is 26.2 Å². The predicted molar refractivity (Wildman–Crippen MR) is 68.5 cm³/mol. The van der Waals surface area contributed by atoms with Gasteiger partial charge in [0.25, 0.3) is 0 Å². The Labute approximate surface area is 110 Å². The zero-order chi connectivity index (χ0) is 13.1. The van der Waals surface area contributed by atoms with Crippen molar-refractivity contribution in [3.8, 4) is 11.4 Å². The highest BCUT2D eigenvalue weighted by Crippen LogP contribution is 2.22.